The van der Waals surface area contributed by atoms with Crippen LogP contribution in [0.4, 0.5) is 5.69 Å². The number of hydrogen-bond donors (Lipinski definition) is 2. The molecule has 0 amide bonds. The Morgan fingerprint density at radius 2 is 2.06 bits per heavy atom. The van der Waals surface area contributed by atoms with E-state index in [0.717, 1.165) is 19.0 Å². The molecule has 1 saturated carbocycles. The van der Waals surface area contributed by atoms with Gasteiger partial charge in [-0.25, -0.2) is 0 Å². The fraction of sp³-hybridized carbons (Fsp3) is 0.571. The third-order valence-electron chi connectivity index (χ3n) is 4.02. The van der Waals surface area contributed by atoms with E-state index in [1.165, 1.54) is 25.1 Å². The number of likely N-dealkylation sites (tertiary alicyclic amines) is 1. The van der Waals surface area contributed by atoms with Crippen LogP contribution in [0.1, 0.15) is 19.3 Å². The summed E-state index contributed by atoms with van der Waals surface area (Å²) in [5.74, 6) is 0. The van der Waals surface area contributed by atoms with Crippen LogP contribution in [0.25, 0.3) is 0 Å². The molecule has 1 atom stereocenters. The summed E-state index contributed by atoms with van der Waals surface area (Å²) >= 11 is 0. The lowest BCUT2D eigenvalue weighted by atomic mass is 9.98. The highest BCUT2D eigenvalue weighted by Crippen LogP contribution is 2.34. The van der Waals surface area contributed by atoms with Gasteiger partial charge in [0.05, 0.1) is 5.54 Å². The Labute approximate surface area is 103 Å². The molecular weight excluding hydrogens is 210 g/mol. The number of nitrogens with two attached hydrogens (primary N) is 1. The number of anilines is 1. The van der Waals surface area contributed by atoms with Crippen LogP contribution in [0.15, 0.2) is 30.3 Å². The minimum Gasteiger partial charge on any atom is -0.377 e. The van der Waals surface area contributed by atoms with Crippen molar-refractivity contribution >= 4 is 5.69 Å². The second kappa shape index (κ2) is 4.31. The largest absolute Gasteiger partial charge is 0.377 e. The number of nitrogens with zero attached hydrogens (tertiary/aromatic N) is 1. The first-order valence-electron chi connectivity index (χ1n) is 6.59. The van der Waals surface area contributed by atoms with E-state index >= 15 is 0 Å². The van der Waals surface area contributed by atoms with Gasteiger partial charge < -0.3 is 11.1 Å². The number of hydrogen-bond acceptors (Lipinski definition) is 3. The van der Waals surface area contributed by atoms with Crippen molar-refractivity contribution in [3.05, 3.63) is 30.3 Å². The predicted octanol–water partition coefficient (Wildman–Crippen LogP) is 1.66. The van der Waals surface area contributed by atoms with Crippen molar-refractivity contribution < 1.29 is 0 Å². The molecule has 1 aromatic rings. The van der Waals surface area contributed by atoms with Crippen LogP contribution in [0, 0.1) is 0 Å². The molecule has 0 spiro atoms. The normalized spacial score (nSPS) is 29.5. The van der Waals surface area contributed by atoms with Gasteiger partial charge in [-0.3, -0.25) is 4.90 Å². The van der Waals surface area contributed by atoms with E-state index in [9.17, 15) is 0 Å². The Balaban J connectivity index is 1.70. The summed E-state index contributed by atoms with van der Waals surface area (Å²) in [7, 11) is 0. The summed E-state index contributed by atoms with van der Waals surface area (Å²) in [5.41, 5.74) is 7.29. The quantitative estimate of drug-likeness (QED) is 0.828. The lowest BCUT2D eigenvalue weighted by Crippen LogP contribution is -2.48. The molecule has 1 unspecified atom stereocenters. The molecule has 3 heteroatoms. The molecule has 2 fully saturated rings. The van der Waals surface area contributed by atoms with Crippen molar-refractivity contribution in [1.82, 2.24) is 4.90 Å². The van der Waals surface area contributed by atoms with Crippen molar-refractivity contribution in [1.29, 1.82) is 0 Å². The molecule has 17 heavy (non-hydrogen) atoms. The van der Waals surface area contributed by atoms with Crippen LogP contribution in [0.3, 0.4) is 0 Å². The zero-order chi connectivity index (χ0) is 11.7. The molecule has 1 aliphatic carbocycles. The molecule has 0 aromatic heterocycles. The first-order chi connectivity index (χ1) is 8.31. The molecule has 3 N–H and O–H groups in total. The Kier molecular flexibility index (Phi) is 2.81. The first kappa shape index (κ1) is 11.1. The molecule has 3 nitrogen and oxygen atoms in total. The summed E-state index contributed by atoms with van der Waals surface area (Å²) in [4.78, 5) is 2.60. The van der Waals surface area contributed by atoms with Crippen LogP contribution in [-0.4, -0.2) is 36.1 Å². The van der Waals surface area contributed by atoms with E-state index in [2.05, 4.69) is 34.5 Å². The fourth-order valence-electron chi connectivity index (χ4n) is 2.80. The summed E-state index contributed by atoms with van der Waals surface area (Å²) in [6, 6.07) is 11.3. The van der Waals surface area contributed by atoms with Gasteiger partial charge in [0.25, 0.3) is 0 Å². The van der Waals surface area contributed by atoms with Gasteiger partial charge in [-0.2, -0.15) is 0 Å². The molecule has 1 aliphatic heterocycles. The Morgan fingerprint density at radius 1 is 1.29 bits per heavy atom. The topological polar surface area (TPSA) is 41.3 Å². The standard InChI is InChI=1S/C14H21N3/c15-10-14(16-12-4-2-1-3-5-12)8-9-17(11-14)13-6-7-13/h1-5,13,16H,6-11,15H2. The summed E-state index contributed by atoms with van der Waals surface area (Å²) < 4.78 is 0. The highest BCUT2D eigenvalue weighted by atomic mass is 15.3. The average molecular weight is 231 g/mol. The Morgan fingerprint density at radius 3 is 2.71 bits per heavy atom. The Hall–Kier alpha value is -1.06. The average Bonchev–Trinajstić information content (AvgIpc) is 3.14. The van der Waals surface area contributed by atoms with Gasteiger partial charge in [0.15, 0.2) is 0 Å². The van der Waals surface area contributed by atoms with Crippen LogP contribution in [-0.2, 0) is 0 Å². The third-order valence-corrected chi connectivity index (χ3v) is 4.02. The van der Waals surface area contributed by atoms with E-state index in [0.29, 0.717) is 6.54 Å². The highest BCUT2D eigenvalue weighted by Gasteiger charge is 2.42. The van der Waals surface area contributed by atoms with Crippen molar-refractivity contribution in [3.8, 4) is 0 Å². The minimum atomic E-state index is 0.0872. The van der Waals surface area contributed by atoms with Crippen LogP contribution >= 0.6 is 0 Å². The van der Waals surface area contributed by atoms with Crippen molar-refractivity contribution in [2.75, 3.05) is 25.0 Å². The zero-order valence-corrected chi connectivity index (χ0v) is 10.2. The zero-order valence-electron chi connectivity index (χ0n) is 10.2. The number of benzene rings is 1. The molecule has 1 aromatic carbocycles. The maximum Gasteiger partial charge on any atom is 0.0634 e. The van der Waals surface area contributed by atoms with Gasteiger partial charge in [0.1, 0.15) is 0 Å². The van der Waals surface area contributed by atoms with Crippen LogP contribution < -0.4 is 11.1 Å². The molecular formula is C14H21N3. The first-order valence-corrected chi connectivity index (χ1v) is 6.59. The maximum atomic E-state index is 6.01. The molecule has 0 radical (unpaired) electrons. The summed E-state index contributed by atoms with van der Waals surface area (Å²) in [6.07, 6.45) is 3.92. The lowest BCUT2D eigenvalue weighted by Gasteiger charge is -2.30. The van der Waals surface area contributed by atoms with E-state index in [1.54, 1.807) is 0 Å². The summed E-state index contributed by atoms with van der Waals surface area (Å²) in [5, 5.41) is 3.65. The van der Waals surface area contributed by atoms with E-state index in [1.807, 2.05) is 6.07 Å². The van der Waals surface area contributed by atoms with Gasteiger partial charge in [-0.1, -0.05) is 18.2 Å². The van der Waals surface area contributed by atoms with Gasteiger partial charge >= 0.3 is 0 Å². The number of nitrogens with one attached hydrogen (secondary N) is 1. The third kappa shape index (κ3) is 2.31. The van der Waals surface area contributed by atoms with Gasteiger partial charge in [0, 0.05) is 31.4 Å². The van der Waals surface area contributed by atoms with Crippen LogP contribution in [0.2, 0.25) is 0 Å². The lowest BCUT2D eigenvalue weighted by molar-refractivity contribution is 0.309. The van der Waals surface area contributed by atoms with Gasteiger partial charge in [0.2, 0.25) is 0 Å². The van der Waals surface area contributed by atoms with Gasteiger partial charge in [-0.05, 0) is 31.4 Å². The fourth-order valence-corrected chi connectivity index (χ4v) is 2.80. The minimum absolute atomic E-state index is 0.0872. The van der Waals surface area contributed by atoms with Crippen molar-refractivity contribution in [2.45, 2.75) is 30.8 Å². The van der Waals surface area contributed by atoms with Crippen LogP contribution in [0.5, 0.6) is 0 Å². The molecule has 2 aliphatic rings. The SMILES string of the molecule is NCC1(Nc2ccccc2)CCN(C2CC2)C1. The monoisotopic (exact) mass is 231 g/mol. The molecule has 3 rings (SSSR count). The molecule has 1 heterocycles. The van der Waals surface area contributed by atoms with E-state index < -0.39 is 0 Å². The predicted molar refractivity (Wildman–Crippen MR) is 71.1 cm³/mol. The second-order valence-corrected chi connectivity index (χ2v) is 5.43. The second-order valence-electron chi connectivity index (χ2n) is 5.43. The summed E-state index contributed by atoms with van der Waals surface area (Å²) in [6.45, 7) is 3.01. The van der Waals surface area contributed by atoms with E-state index in [4.69, 9.17) is 5.73 Å². The van der Waals surface area contributed by atoms with Crippen molar-refractivity contribution in [3.63, 3.8) is 0 Å². The Bertz CT molecular complexity index is 374. The van der Waals surface area contributed by atoms with Crippen molar-refractivity contribution in [2.24, 2.45) is 5.73 Å². The van der Waals surface area contributed by atoms with Gasteiger partial charge in [-0.15, -0.1) is 0 Å². The smallest absolute Gasteiger partial charge is 0.0634 e. The highest BCUT2D eigenvalue weighted by molar-refractivity contribution is 5.46. The maximum absolute atomic E-state index is 6.01. The molecule has 92 valence electrons. The molecule has 1 saturated heterocycles. The number of rotatable bonds is 4. The number of para-hydroxylation sites is 1. The van der Waals surface area contributed by atoms with E-state index in [-0.39, 0.29) is 5.54 Å². The molecule has 0 bridgehead atoms.